The molecule has 2 N–H and O–H groups in total. The monoisotopic (exact) mass is 706 g/mol. The standard InChI is InChI=1S/C44H54N2O6/c1-7-27(5)29-11-15-31(16-12-29)35-25-33-21-23-43(45-33,41(35)37(47)9-3)51-39(49)19-20-40(50)52-44-24-22-34(46-44)26-36(42(44)38(48)10-4)32-17-13-30(14-18-32)28(6)8-2/h11-20,33-36,41-42,45-46H,5-10,21-26H2,1-4H3/b20-19+. The van der Waals surface area contributed by atoms with Crippen LogP contribution in [0, 0.1) is 11.8 Å². The van der Waals surface area contributed by atoms with Crippen LogP contribution in [0.15, 0.2) is 73.8 Å². The number of carbonyl (C=O) groups is 4. The Hall–Kier alpha value is -4.14. The summed E-state index contributed by atoms with van der Waals surface area (Å²) >= 11 is 0. The minimum Gasteiger partial charge on any atom is -0.440 e. The molecule has 52 heavy (non-hydrogen) atoms. The fourth-order valence-electron chi connectivity index (χ4n) is 9.39. The maximum atomic E-state index is 13.6. The van der Waals surface area contributed by atoms with Crippen molar-refractivity contribution in [2.24, 2.45) is 11.8 Å². The van der Waals surface area contributed by atoms with Gasteiger partial charge in [0.15, 0.2) is 11.4 Å². The summed E-state index contributed by atoms with van der Waals surface area (Å²) in [4.78, 5) is 54.3. The van der Waals surface area contributed by atoms with Crippen molar-refractivity contribution in [3.05, 3.63) is 96.1 Å². The van der Waals surface area contributed by atoms with Crippen LogP contribution in [0.5, 0.6) is 0 Å². The number of benzene rings is 2. The molecule has 8 nitrogen and oxygen atoms in total. The minimum atomic E-state index is -1.18. The number of allylic oxidation sites excluding steroid dienone is 2. The van der Waals surface area contributed by atoms with E-state index in [0.29, 0.717) is 25.7 Å². The molecule has 0 radical (unpaired) electrons. The van der Waals surface area contributed by atoms with Crippen molar-refractivity contribution in [1.82, 2.24) is 10.6 Å². The lowest BCUT2D eigenvalue weighted by Gasteiger charge is -2.45. The number of carbonyl (C=O) groups excluding carboxylic acids is 4. The maximum absolute atomic E-state index is 13.6. The summed E-state index contributed by atoms with van der Waals surface area (Å²) in [7, 11) is 0. The number of piperidine rings is 2. The zero-order valence-electron chi connectivity index (χ0n) is 31.2. The van der Waals surface area contributed by atoms with E-state index >= 15 is 0 Å². The number of rotatable bonds is 14. The third kappa shape index (κ3) is 7.25. The summed E-state index contributed by atoms with van der Waals surface area (Å²) in [5, 5.41) is 6.98. The van der Waals surface area contributed by atoms with Crippen LogP contribution in [0.25, 0.3) is 11.1 Å². The van der Waals surface area contributed by atoms with Crippen LogP contribution in [0.4, 0.5) is 0 Å². The molecule has 4 heterocycles. The van der Waals surface area contributed by atoms with Gasteiger partial charge in [0.2, 0.25) is 0 Å². The lowest BCUT2D eigenvalue weighted by Crippen LogP contribution is -2.60. The van der Waals surface area contributed by atoms with Crippen molar-refractivity contribution in [3.8, 4) is 0 Å². The highest BCUT2D eigenvalue weighted by Gasteiger charge is 2.59. The zero-order chi connectivity index (χ0) is 37.2. The van der Waals surface area contributed by atoms with Gasteiger partial charge in [0.05, 0.1) is 11.8 Å². The Morgan fingerprint density at radius 1 is 0.635 bits per heavy atom. The fourth-order valence-corrected chi connectivity index (χ4v) is 9.39. The molecule has 8 unspecified atom stereocenters. The second-order valence-electron chi connectivity index (χ2n) is 15.2. The Bertz CT molecular complexity index is 1620. The minimum absolute atomic E-state index is 0.0282. The van der Waals surface area contributed by atoms with Crippen molar-refractivity contribution in [1.29, 1.82) is 0 Å². The molecule has 0 aliphatic carbocycles. The molecule has 0 saturated carbocycles. The van der Waals surface area contributed by atoms with E-state index in [2.05, 4.69) is 86.2 Å². The molecule has 4 fully saturated rings. The first-order valence-electron chi connectivity index (χ1n) is 19.3. The average molecular weight is 707 g/mol. The van der Waals surface area contributed by atoms with Crippen molar-refractivity contribution in [3.63, 3.8) is 0 Å². The number of esters is 2. The van der Waals surface area contributed by atoms with Crippen LogP contribution in [0.2, 0.25) is 0 Å². The van der Waals surface area contributed by atoms with Gasteiger partial charge in [-0.2, -0.15) is 0 Å². The normalized spacial score (nSPS) is 30.5. The SMILES string of the molecule is C=C(CC)c1ccc(C2CC3CCC(OC(=O)/C=C/C(=O)OC45CCC(CC(c6ccc(C(=C)CC)cc6)C4C(=O)CC)N5)(N3)C2C(=O)CC)cc1. The number of ether oxygens (including phenoxy) is 2. The molecule has 4 bridgehead atoms. The maximum Gasteiger partial charge on any atom is 0.332 e. The van der Waals surface area contributed by atoms with E-state index in [-0.39, 0.29) is 35.5 Å². The van der Waals surface area contributed by atoms with E-state index in [1.807, 2.05) is 13.8 Å². The predicted molar refractivity (Wildman–Crippen MR) is 203 cm³/mol. The molecule has 0 spiro atoms. The van der Waals surface area contributed by atoms with Gasteiger partial charge >= 0.3 is 11.9 Å². The topological polar surface area (TPSA) is 111 Å². The molecular formula is C44H54N2O6. The van der Waals surface area contributed by atoms with E-state index in [0.717, 1.165) is 84.1 Å². The van der Waals surface area contributed by atoms with E-state index in [4.69, 9.17) is 9.47 Å². The molecule has 2 aromatic carbocycles. The van der Waals surface area contributed by atoms with Crippen molar-refractivity contribution in [2.45, 2.75) is 127 Å². The molecule has 0 amide bonds. The lowest BCUT2D eigenvalue weighted by atomic mass is 9.72. The zero-order valence-corrected chi connectivity index (χ0v) is 31.2. The smallest absolute Gasteiger partial charge is 0.332 e. The third-order valence-corrected chi connectivity index (χ3v) is 12.2. The molecule has 4 aliphatic rings. The lowest BCUT2D eigenvalue weighted by molar-refractivity contribution is -0.174. The highest BCUT2D eigenvalue weighted by Crippen LogP contribution is 2.51. The van der Waals surface area contributed by atoms with Crippen LogP contribution < -0.4 is 10.6 Å². The van der Waals surface area contributed by atoms with Gasteiger partial charge in [-0.3, -0.25) is 20.2 Å². The molecule has 4 aliphatic heterocycles. The number of fused-ring (bicyclic) bond motifs is 4. The van der Waals surface area contributed by atoms with Crippen molar-refractivity contribution in [2.75, 3.05) is 0 Å². The summed E-state index contributed by atoms with van der Waals surface area (Å²) in [6, 6.07) is 16.7. The third-order valence-electron chi connectivity index (χ3n) is 12.2. The Labute approximate surface area is 308 Å². The van der Waals surface area contributed by atoms with Crippen LogP contribution in [0.3, 0.4) is 0 Å². The van der Waals surface area contributed by atoms with Gasteiger partial charge in [-0.05, 0) is 71.9 Å². The largest absolute Gasteiger partial charge is 0.440 e. The van der Waals surface area contributed by atoms with E-state index in [1.54, 1.807) is 0 Å². The van der Waals surface area contributed by atoms with Crippen molar-refractivity contribution < 1.29 is 28.7 Å². The summed E-state index contributed by atoms with van der Waals surface area (Å²) in [6.45, 7) is 16.1. The number of hydrogen-bond acceptors (Lipinski definition) is 8. The van der Waals surface area contributed by atoms with Gasteiger partial charge in [0.25, 0.3) is 0 Å². The fraction of sp³-hybridized carbons (Fsp3) is 0.500. The molecule has 0 aromatic heterocycles. The summed E-state index contributed by atoms with van der Waals surface area (Å²) in [5.74, 6) is -2.79. The van der Waals surface area contributed by atoms with Gasteiger partial charge < -0.3 is 9.47 Å². The number of hydrogen-bond donors (Lipinski definition) is 2. The Kier molecular flexibility index (Phi) is 11.2. The van der Waals surface area contributed by atoms with Gasteiger partial charge in [-0.1, -0.05) is 89.4 Å². The van der Waals surface area contributed by atoms with Gasteiger partial charge in [0.1, 0.15) is 11.6 Å². The highest BCUT2D eigenvalue weighted by atomic mass is 16.6. The Morgan fingerprint density at radius 3 is 1.33 bits per heavy atom. The highest BCUT2D eigenvalue weighted by molar-refractivity contribution is 5.93. The Balaban J connectivity index is 1.19. The summed E-state index contributed by atoms with van der Waals surface area (Å²) in [6.07, 6.45) is 8.59. The quantitative estimate of drug-likeness (QED) is 0.151. The second kappa shape index (κ2) is 15.5. The summed E-state index contributed by atoms with van der Waals surface area (Å²) in [5.41, 5.74) is 3.98. The molecule has 276 valence electrons. The van der Waals surface area contributed by atoms with Crippen LogP contribution in [0.1, 0.15) is 126 Å². The number of ketones is 2. The first kappa shape index (κ1) is 37.6. The van der Waals surface area contributed by atoms with E-state index < -0.39 is 35.2 Å². The molecular weight excluding hydrogens is 652 g/mol. The van der Waals surface area contributed by atoms with E-state index in [9.17, 15) is 19.2 Å². The summed E-state index contributed by atoms with van der Waals surface area (Å²) < 4.78 is 12.3. The van der Waals surface area contributed by atoms with E-state index in [1.165, 1.54) is 0 Å². The average Bonchev–Trinajstić information content (AvgIpc) is 3.67. The first-order valence-corrected chi connectivity index (χ1v) is 19.3. The van der Waals surface area contributed by atoms with Gasteiger partial charge in [-0.15, -0.1) is 0 Å². The van der Waals surface area contributed by atoms with Crippen LogP contribution in [-0.2, 0) is 28.7 Å². The van der Waals surface area contributed by atoms with Gasteiger partial charge in [0, 0.05) is 61.8 Å². The molecule has 4 saturated heterocycles. The molecule has 2 aromatic rings. The number of nitrogens with one attached hydrogen (secondary N) is 2. The van der Waals surface area contributed by atoms with Crippen molar-refractivity contribution >= 4 is 34.7 Å². The molecule has 8 heteroatoms. The van der Waals surface area contributed by atoms with Crippen LogP contribution >= 0.6 is 0 Å². The predicted octanol–water partition coefficient (Wildman–Crippen LogP) is 7.94. The Morgan fingerprint density at radius 2 is 1.00 bits per heavy atom. The molecule has 6 rings (SSSR count). The van der Waals surface area contributed by atoms with Gasteiger partial charge in [-0.25, -0.2) is 9.59 Å². The second-order valence-corrected chi connectivity index (χ2v) is 15.2. The number of Topliss-reactive ketones (excluding diaryl/α,β-unsaturated/α-hetero) is 2. The first-order chi connectivity index (χ1) is 25.0. The van der Waals surface area contributed by atoms with Crippen LogP contribution in [-0.4, -0.2) is 47.0 Å². The molecule has 8 atom stereocenters.